The van der Waals surface area contributed by atoms with Gasteiger partial charge in [0.25, 0.3) is 0 Å². The maximum Gasteiger partial charge on any atom is 0.241 e. The van der Waals surface area contributed by atoms with Gasteiger partial charge < -0.3 is 4.98 Å². The predicted molar refractivity (Wildman–Crippen MR) is 88.2 cm³/mol. The number of aromatic nitrogens is 1. The van der Waals surface area contributed by atoms with Crippen molar-refractivity contribution in [3.8, 4) is 0 Å². The molecular weight excluding hydrogens is 315 g/mol. The third kappa shape index (κ3) is 3.28. The van der Waals surface area contributed by atoms with Crippen LogP contribution < -0.4 is 4.72 Å². The second-order valence-electron chi connectivity index (χ2n) is 5.61. The van der Waals surface area contributed by atoms with E-state index in [2.05, 4.69) is 9.71 Å². The largest absolute Gasteiger partial charge is 0.359 e. The van der Waals surface area contributed by atoms with Crippen LogP contribution in [0.5, 0.6) is 0 Å². The lowest BCUT2D eigenvalue weighted by Gasteiger charge is -2.09. The third-order valence-electron chi connectivity index (χ3n) is 3.71. The molecule has 3 rings (SSSR count). The average Bonchev–Trinajstić information content (AvgIpc) is 2.84. The van der Waals surface area contributed by atoms with Gasteiger partial charge in [-0.3, -0.25) is 0 Å². The Bertz CT molecular complexity index is 977. The van der Waals surface area contributed by atoms with Crippen LogP contribution in [-0.4, -0.2) is 13.4 Å². The van der Waals surface area contributed by atoms with Crippen molar-refractivity contribution in [2.24, 2.45) is 0 Å². The molecule has 0 aliphatic carbocycles. The van der Waals surface area contributed by atoms with Crippen LogP contribution in [0.1, 0.15) is 16.8 Å². The SMILES string of the molecule is Cc1cc2cc(CNS(=O)(=O)c3ccc(F)cc3C)ccc2[nH]1. The minimum absolute atomic E-state index is 0.0949. The Balaban J connectivity index is 1.82. The Morgan fingerprint density at radius 3 is 2.61 bits per heavy atom. The van der Waals surface area contributed by atoms with Gasteiger partial charge in [0.05, 0.1) is 4.90 Å². The van der Waals surface area contributed by atoms with Gasteiger partial charge in [0.1, 0.15) is 5.82 Å². The smallest absolute Gasteiger partial charge is 0.241 e. The normalized spacial score (nSPS) is 12.0. The number of rotatable bonds is 4. The van der Waals surface area contributed by atoms with Crippen LogP contribution >= 0.6 is 0 Å². The lowest BCUT2D eigenvalue weighted by atomic mass is 10.1. The molecule has 1 aromatic heterocycles. The molecule has 120 valence electrons. The molecule has 23 heavy (non-hydrogen) atoms. The van der Waals surface area contributed by atoms with E-state index < -0.39 is 15.8 Å². The topological polar surface area (TPSA) is 62.0 Å². The molecule has 0 aliphatic heterocycles. The highest BCUT2D eigenvalue weighted by molar-refractivity contribution is 7.89. The minimum atomic E-state index is -3.68. The second-order valence-corrected chi connectivity index (χ2v) is 7.34. The van der Waals surface area contributed by atoms with Crippen LogP contribution in [0.15, 0.2) is 47.4 Å². The van der Waals surface area contributed by atoms with Crippen molar-refractivity contribution in [3.63, 3.8) is 0 Å². The summed E-state index contributed by atoms with van der Waals surface area (Å²) in [7, 11) is -3.68. The van der Waals surface area contributed by atoms with Crippen molar-refractivity contribution >= 4 is 20.9 Å². The Hall–Kier alpha value is -2.18. The molecular formula is C17H17FN2O2S. The van der Waals surface area contributed by atoms with Crippen LogP contribution in [0.3, 0.4) is 0 Å². The molecule has 3 aromatic rings. The van der Waals surface area contributed by atoms with Gasteiger partial charge in [-0.05, 0) is 66.8 Å². The maximum absolute atomic E-state index is 13.1. The zero-order chi connectivity index (χ0) is 16.6. The highest BCUT2D eigenvalue weighted by atomic mass is 32.2. The molecule has 0 amide bonds. The standard InChI is InChI=1S/C17H17FN2O2S/c1-11-7-15(18)4-6-17(11)23(21,22)19-10-13-3-5-16-14(9-13)8-12(2)20-16/h3-9,19-20H,10H2,1-2H3. The summed E-state index contributed by atoms with van der Waals surface area (Å²) in [4.78, 5) is 3.32. The zero-order valence-electron chi connectivity index (χ0n) is 12.9. The van der Waals surface area contributed by atoms with Crippen molar-refractivity contribution in [3.05, 3.63) is 65.1 Å². The van der Waals surface area contributed by atoms with E-state index in [1.165, 1.54) is 12.1 Å². The van der Waals surface area contributed by atoms with E-state index in [1.54, 1.807) is 6.92 Å². The molecule has 0 bridgehead atoms. The first kappa shape index (κ1) is 15.7. The number of sulfonamides is 1. The lowest BCUT2D eigenvalue weighted by Crippen LogP contribution is -2.24. The lowest BCUT2D eigenvalue weighted by molar-refractivity contribution is 0.579. The van der Waals surface area contributed by atoms with Crippen LogP contribution in [0.2, 0.25) is 0 Å². The van der Waals surface area contributed by atoms with Gasteiger partial charge in [0.15, 0.2) is 0 Å². The Morgan fingerprint density at radius 2 is 1.87 bits per heavy atom. The molecule has 0 saturated heterocycles. The van der Waals surface area contributed by atoms with Gasteiger partial charge in [-0.15, -0.1) is 0 Å². The molecule has 0 saturated carbocycles. The fraction of sp³-hybridized carbons (Fsp3) is 0.176. The molecule has 0 radical (unpaired) electrons. The Kier molecular flexibility index (Phi) is 3.95. The van der Waals surface area contributed by atoms with Crippen LogP contribution in [-0.2, 0) is 16.6 Å². The van der Waals surface area contributed by atoms with Gasteiger partial charge in [-0.1, -0.05) is 6.07 Å². The van der Waals surface area contributed by atoms with E-state index in [-0.39, 0.29) is 11.4 Å². The third-order valence-corrected chi connectivity index (χ3v) is 5.27. The number of aryl methyl sites for hydroxylation is 2. The minimum Gasteiger partial charge on any atom is -0.359 e. The summed E-state index contributed by atoms with van der Waals surface area (Å²) in [6.07, 6.45) is 0. The van der Waals surface area contributed by atoms with Gasteiger partial charge in [0.2, 0.25) is 10.0 Å². The summed E-state index contributed by atoms with van der Waals surface area (Å²) >= 11 is 0. The van der Waals surface area contributed by atoms with Crippen molar-refractivity contribution in [1.29, 1.82) is 0 Å². The predicted octanol–water partition coefficient (Wildman–Crippen LogP) is 3.40. The van der Waals surface area contributed by atoms with E-state index in [4.69, 9.17) is 0 Å². The first-order chi connectivity index (χ1) is 10.8. The molecule has 1 heterocycles. The molecule has 4 nitrogen and oxygen atoms in total. The Labute approximate surface area is 134 Å². The number of H-pyrrole nitrogens is 1. The van der Waals surface area contributed by atoms with Crippen molar-refractivity contribution in [2.45, 2.75) is 25.3 Å². The molecule has 2 aromatic carbocycles. The quantitative estimate of drug-likeness (QED) is 0.769. The van der Waals surface area contributed by atoms with Crippen LogP contribution in [0.25, 0.3) is 10.9 Å². The second kappa shape index (κ2) is 5.79. The number of nitrogens with one attached hydrogen (secondary N) is 2. The number of halogens is 1. The number of fused-ring (bicyclic) bond motifs is 1. The first-order valence-electron chi connectivity index (χ1n) is 7.19. The van der Waals surface area contributed by atoms with Crippen LogP contribution in [0, 0.1) is 19.7 Å². The molecule has 0 spiro atoms. The highest BCUT2D eigenvalue weighted by Crippen LogP contribution is 2.19. The Morgan fingerprint density at radius 1 is 1.09 bits per heavy atom. The number of hydrogen-bond donors (Lipinski definition) is 2. The van der Waals surface area contributed by atoms with Crippen LogP contribution in [0.4, 0.5) is 4.39 Å². The molecule has 0 aliphatic rings. The summed E-state index contributed by atoms with van der Waals surface area (Å²) in [5.41, 5.74) is 3.32. The van der Waals surface area contributed by atoms with Gasteiger partial charge >= 0.3 is 0 Å². The summed E-state index contributed by atoms with van der Waals surface area (Å²) in [5.74, 6) is -0.449. The molecule has 2 N–H and O–H groups in total. The summed E-state index contributed by atoms with van der Waals surface area (Å²) < 4.78 is 40.4. The summed E-state index contributed by atoms with van der Waals surface area (Å²) in [5, 5.41) is 1.04. The fourth-order valence-electron chi connectivity index (χ4n) is 2.61. The molecule has 0 fully saturated rings. The van der Waals surface area contributed by atoms with Crippen molar-refractivity contribution in [1.82, 2.24) is 9.71 Å². The summed E-state index contributed by atoms with van der Waals surface area (Å²) in [6.45, 7) is 3.73. The fourth-order valence-corrected chi connectivity index (χ4v) is 3.85. The van der Waals surface area contributed by atoms with E-state index in [0.29, 0.717) is 5.56 Å². The number of benzene rings is 2. The number of hydrogen-bond acceptors (Lipinski definition) is 2. The van der Waals surface area contributed by atoms with E-state index >= 15 is 0 Å². The highest BCUT2D eigenvalue weighted by Gasteiger charge is 2.16. The maximum atomic E-state index is 13.1. The first-order valence-corrected chi connectivity index (χ1v) is 8.67. The zero-order valence-corrected chi connectivity index (χ0v) is 13.7. The van der Waals surface area contributed by atoms with E-state index in [9.17, 15) is 12.8 Å². The van der Waals surface area contributed by atoms with Crippen molar-refractivity contribution < 1.29 is 12.8 Å². The van der Waals surface area contributed by atoms with Gasteiger partial charge in [-0.2, -0.15) is 0 Å². The van der Waals surface area contributed by atoms with E-state index in [0.717, 1.165) is 28.2 Å². The average molecular weight is 332 g/mol. The van der Waals surface area contributed by atoms with Gasteiger partial charge in [0, 0.05) is 17.8 Å². The summed E-state index contributed by atoms with van der Waals surface area (Å²) in [6, 6.07) is 11.4. The monoisotopic (exact) mass is 332 g/mol. The van der Waals surface area contributed by atoms with E-state index in [1.807, 2.05) is 31.2 Å². The van der Waals surface area contributed by atoms with Crippen molar-refractivity contribution in [2.75, 3.05) is 0 Å². The molecule has 0 atom stereocenters. The molecule has 0 unspecified atom stereocenters. The number of aromatic amines is 1. The molecule has 6 heteroatoms. The van der Waals surface area contributed by atoms with Gasteiger partial charge in [-0.25, -0.2) is 17.5 Å².